The number of hydrogen-bond acceptors (Lipinski definition) is 3. The lowest BCUT2D eigenvalue weighted by Crippen LogP contribution is -2.53. The average Bonchev–Trinajstić information content (AvgIpc) is 3.13. The summed E-state index contributed by atoms with van der Waals surface area (Å²) in [6.45, 7) is 10.8. The van der Waals surface area contributed by atoms with E-state index in [0.29, 0.717) is 6.42 Å². The first kappa shape index (κ1) is 21.2. The van der Waals surface area contributed by atoms with Crippen LogP contribution in [0.5, 0.6) is 0 Å². The van der Waals surface area contributed by atoms with Gasteiger partial charge in [0.15, 0.2) is 5.96 Å². The van der Waals surface area contributed by atoms with Gasteiger partial charge in [-0.3, -0.25) is 9.79 Å². The van der Waals surface area contributed by atoms with Crippen molar-refractivity contribution in [3.63, 3.8) is 0 Å². The molecule has 0 aliphatic carbocycles. The van der Waals surface area contributed by atoms with Gasteiger partial charge < -0.3 is 20.9 Å². The van der Waals surface area contributed by atoms with Gasteiger partial charge in [-0.05, 0) is 32.8 Å². The Hall–Kier alpha value is -2.08. The monoisotopic (exact) mass is 373 g/mol. The highest BCUT2D eigenvalue weighted by atomic mass is 16.2. The van der Waals surface area contributed by atoms with Gasteiger partial charge in [0.1, 0.15) is 0 Å². The number of carbonyl (C=O) groups excluding carboxylic acids is 1. The first-order valence-electron chi connectivity index (χ1n) is 9.92. The standard InChI is InChI=1S/C21H35N5O/c1-6-19(27)26-13-12-18(14-26)24-20(22-5)23-15-21(3,4)25-16(2)17-10-8-7-9-11-17/h7-11,16,18,25H,6,12-15H2,1-5H3,(H2,22,23,24). The second-order valence-corrected chi connectivity index (χ2v) is 7.91. The molecular weight excluding hydrogens is 338 g/mol. The second kappa shape index (κ2) is 9.74. The lowest BCUT2D eigenvalue weighted by molar-refractivity contribution is -0.129. The predicted octanol–water partition coefficient (Wildman–Crippen LogP) is 2.29. The van der Waals surface area contributed by atoms with E-state index in [1.807, 2.05) is 17.9 Å². The molecule has 2 rings (SSSR count). The number of nitrogens with one attached hydrogen (secondary N) is 3. The molecule has 150 valence electrons. The van der Waals surface area contributed by atoms with E-state index in [9.17, 15) is 4.79 Å². The van der Waals surface area contributed by atoms with Crippen molar-refractivity contribution in [2.45, 2.75) is 58.2 Å². The lowest BCUT2D eigenvalue weighted by Gasteiger charge is -2.31. The zero-order chi connectivity index (χ0) is 19.9. The lowest BCUT2D eigenvalue weighted by atomic mass is 10.0. The summed E-state index contributed by atoms with van der Waals surface area (Å²) in [4.78, 5) is 18.1. The Labute approximate surface area is 163 Å². The molecule has 0 bridgehead atoms. The molecule has 0 saturated carbocycles. The quantitative estimate of drug-likeness (QED) is 0.507. The van der Waals surface area contributed by atoms with E-state index in [1.54, 1.807) is 7.05 Å². The SMILES string of the molecule is CCC(=O)N1CCC(NC(=NC)NCC(C)(C)NC(C)c2ccccc2)C1. The van der Waals surface area contributed by atoms with Crippen molar-refractivity contribution in [1.29, 1.82) is 0 Å². The van der Waals surface area contributed by atoms with Crippen LogP contribution in [-0.2, 0) is 4.79 Å². The van der Waals surface area contributed by atoms with Gasteiger partial charge in [0.05, 0.1) is 0 Å². The van der Waals surface area contributed by atoms with E-state index in [-0.39, 0.29) is 23.5 Å². The zero-order valence-corrected chi connectivity index (χ0v) is 17.4. The van der Waals surface area contributed by atoms with Crippen LogP contribution >= 0.6 is 0 Å². The predicted molar refractivity (Wildman–Crippen MR) is 112 cm³/mol. The van der Waals surface area contributed by atoms with Crippen molar-refractivity contribution in [3.8, 4) is 0 Å². The second-order valence-electron chi connectivity index (χ2n) is 7.91. The molecule has 1 fully saturated rings. The highest BCUT2D eigenvalue weighted by molar-refractivity contribution is 5.80. The molecule has 1 aromatic carbocycles. The highest BCUT2D eigenvalue weighted by Crippen LogP contribution is 2.16. The molecule has 1 aliphatic heterocycles. The van der Waals surface area contributed by atoms with Crippen molar-refractivity contribution < 1.29 is 4.79 Å². The summed E-state index contributed by atoms with van der Waals surface area (Å²) in [6, 6.07) is 11.0. The molecular formula is C21H35N5O. The molecule has 2 unspecified atom stereocenters. The first-order chi connectivity index (χ1) is 12.8. The van der Waals surface area contributed by atoms with Gasteiger partial charge in [-0.2, -0.15) is 0 Å². The third-order valence-electron chi connectivity index (χ3n) is 5.01. The third-order valence-corrected chi connectivity index (χ3v) is 5.01. The minimum atomic E-state index is -0.104. The molecule has 6 heteroatoms. The Morgan fingerprint density at radius 1 is 1.33 bits per heavy atom. The maximum atomic E-state index is 11.8. The van der Waals surface area contributed by atoms with Crippen LogP contribution in [0.4, 0.5) is 0 Å². The largest absolute Gasteiger partial charge is 0.355 e. The van der Waals surface area contributed by atoms with Crippen molar-refractivity contribution in [1.82, 2.24) is 20.9 Å². The minimum Gasteiger partial charge on any atom is -0.355 e. The fourth-order valence-electron chi connectivity index (χ4n) is 3.48. The maximum absolute atomic E-state index is 11.8. The van der Waals surface area contributed by atoms with E-state index < -0.39 is 0 Å². The van der Waals surface area contributed by atoms with Crippen LogP contribution in [0.25, 0.3) is 0 Å². The fourth-order valence-corrected chi connectivity index (χ4v) is 3.48. The van der Waals surface area contributed by atoms with E-state index in [1.165, 1.54) is 5.56 Å². The number of nitrogens with zero attached hydrogens (tertiary/aromatic N) is 2. The van der Waals surface area contributed by atoms with Gasteiger partial charge >= 0.3 is 0 Å². The van der Waals surface area contributed by atoms with Crippen LogP contribution in [0.1, 0.15) is 52.1 Å². The molecule has 1 aromatic rings. The summed E-state index contributed by atoms with van der Waals surface area (Å²) in [6.07, 6.45) is 1.53. The number of aliphatic imine (C=N–C) groups is 1. The number of carbonyl (C=O) groups is 1. The molecule has 6 nitrogen and oxygen atoms in total. The van der Waals surface area contributed by atoms with Crippen molar-refractivity contribution >= 4 is 11.9 Å². The van der Waals surface area contributed by atoms with Crippen LogP contribution in [-0.4, -0.2) is 55.0 Å². The number of rotatable bonds is 7. The summed E-state index contributed by atoms with van der Waals surface area (Å²) < 4.78 is 0. The smallest absolute Gasteiger partial charge is 0.222 e. The summed E-state index contributed by atoms with van der Waals surface area (Å²) in [5.74, 6) is 1.01. The number of amides is 1. The Morgan fingerprint density at radius 3 is 2.67 bits per heavy atom. The van der Waals surface area contributed by atoms with Crippen LogP contribution in [0.3, 0.4) is 0 Å². The molecule has 3 N–H and O–H groups in total. The van der Waals surface area contributed by atoms with Gasteiger partial charge in [-0.25, -0.2) is 0 Å². The molecule has 1 heterocycles. The van der Waals surface area contributed by atoms with Gasteiger partial charge in [0, 0.05) is 50.7 Å². The molecule has 0 radical (unpaired) electrons. The number of likely N-dealkylation sites (tertiary alicyclic amines) is 1. The van der Waals surface area contributed by atoms with Crippen LogP contribution in [0.15, 0.2) is 35.3 Å². The molecule has 1 aliphatic rings. The van der Waals surface area contributed by atoms with E-state index in [0.717, 1.165) is 32.0 Å². The summed E-state index contributed by atoms with van der Waals surface area (Å²) in [5.41, 5.74) is 1.17. The third kappa shape index (κ3) is 6.54. The topological polar surface area (TPSA) is 68.8 Å². The van der Waals surface area contributed by atoms with E-state index in [2.05, 4.69) is 66.0 Å². The molecule has 27 heavy (non-hydrogen) atoms. The zero-order valence-electron chi connectivity index (χ0n) is 17.4. The number of hydrogen-bond donors (Lipinski definition) is 3. The van der Waals surface area contributed by atoms with Gasteiger partial charge in [-0.1, -0.05) is 37.3 Å². The van der Waals surface area contributed by atoms with Gasteiger partial charge in [-0.15, -0.1) is 0 Å². The van der Waals surface area contributed by atoms with E-state index >= 15 is 0 Å². The fraction of sp³-hybridized carbons (Fsp3) is 0.619. The Morgan fingerprint density at radius 2 is 2.04 bits per heavy atom. The summed E-state index contributed by atoms with van der Waals surface area (Å²) >= 11 is 0. The average molecular weight is 374 g/mol. The Bertz CT molecular complexity index is 629. The number of guanidine groups is 1. The van der Waals surface area contributed by atoms with Gasteiger partial charge in [0.25, 0.3) is 0 Å². The molecule has 0 aromatic heterocycles. The van der Waals surface area contributed by atoms with Gasteiger partial charge in [0.2, 0.25) is 5.91 Å². The first-order valence-corrected chi connectivity index (χ1v) is 9.92. The molecule has 2 atom stereocenters. The minimum absolute atomic E-state index is 0.104. The molecule has 1 amide bonds. The normalized spacial score (nSPS) is 19.1. The maximum Gasteiger partial charge on any atom is 0.222 e. The van der Waals surface area contributed by atoms with Crippen molar-refractivity contribution in [3.05, 3.63) is 35.9 Å². The molecule has 1 saturated heterocycles. The Balaban J connectivity index is 1.81. The summed E-state index contributed by atoms with van der Waals surface area (Å²) in [5, 5.41) is 10.6. The van der Waals surface area contributed by atoms with Crippen LogP contribution in [0, 0.1) is 0 Å². The van der Waals surface area contributed by atoms with Crippen molar-refractivity contribution in [2.24, 2.45) is 4.99 Å². The van der Waals surface area contributed by atoms with Crippen molar-refractivity contribution in [2.75, 3.05) is 26.7 Å². The van der Waals surface area contributed by atoms with Crippen LogP contribution < -0.4 is 16.0 Å². The Kier molecular flexibility index (Phi) is 7.66. The summed E-state index contributed by atoms with van der Waals surface area (Å²) in [7, 11) is 1.78. The van der Waals surface area contributed by atoms with E-state index in [4.69, 9.17) is 0 Å². The highest BCUT2D eigenvalue weighted by Gasteiger charge is 2.26. The molecule has 0 spiro atoms. The number of benzene rings is 1. The van der Waals surface area contributed by atoms with Crippen LogP contribution in [0.2, 0.25) is 0 Å².